The van der Waals surface area contributed by atoms with Crippen LogP contribution in [0.2, 0.25) is 0 Å². The third kappa shape index (κ3) is 1.93. The fourth-order valence-electron chi connectivity index (χ4n) is 0.568. The van der Waals surface area contributed by atoms with E-state index in [2.05, 4.69) is 0 Å². The summed E-state index contributed by atoms with van der Waals surface area (Å²) in [6.45, 7) is 6.14. The number of hydrogen-bond acceptors (Lipinski definition) is 3. The molecule has 0 aromatic carbocycles. The summed E-state index contributed by atoms with van der Waals surface area (Å²) in [6.07, 6.45) is 0.0537. The van der Waals surface area contributed by atoms with Gasteiger partial charge in [0.05, 0.1) is 6.61 Å². The van der Waals surface area contributed by atoms with Gasteiger partial charge < -0.3 is 4.74 Å². The Balaban J connectivity index is 2.35. The van der Waals surface area contributed by atoms with E-state index >= 15 is 0 Å². The van der Waals surface area contributed by atoms with Crippen LogP contribution in [0.15, 0.2) is 0 Å². The number of hydrogen-bond donors (Lipinski definition) is 0. The van der Waals surface area contributed by atoms with Gasteiger partial charge in [0.2, 0.25) is 0 Å². The highest BCUT2D eigenvalue weighted by molar-refractivity contribution is 4.57. The van der Waals surface area contributed by atoms with Crippen molar-refractivity contribution >= 4 is 0 Å². The summed E-state index contributed by atoms with van der Waals surface area (Å²) in [5.41, 5.74) is 0. The summed E-state index contributed by atoms with van der Waals surface area (Å²) >= 11 is 0. The van der Waals surface area contributed by atoms with Crippen molar-refractivity contribution in [2.75, 3.05) is 6.61 Å². The summed E-state index contributed by atoms with van der Waals surface area (Å²) in [7, 11) is 0. The van der Waals surface area contributed by atoms with E-state index in [0.717, 1.165) is 0 Å². The molecule has 0 radical (unpaired) electrons. The average molecular weight is 132 g/mol. The van der Waals surface area contributed by atoms with Crippen LogP contribution >= 0.6 is 0 Å². The van der Waals surface area contributed by atoms with E-state index in [1.54, 1.807) is 0 Å². The second-order valence-electron chi connectivity index (χ2n) is 2.70. The Kier molecular flexibility index (Phi) is 1.75. The maximum Gasteiger partial charge on any atom is 0.196 e. The lowest BCUT2D eigenvalue weighted by Gasteiger charge is -2.31. The topological polar surface area (TPSA) is 27.7 Å². The standard InChI is InChI=1S/C6H12O3/c1-5-4-7-6(2,3)9-8-5/h5H,4H2,1-3H3. The first-order valence-corrected chi connectivity index (χ1v) is 3.08. The lowest BCUT2D eigenvalue weighted by Crippen LogP contribution is -2.39. The van der Waals surface area contributed by atoms with Gasteiger partial charge >= 0.3 is 0 Å². The molecule has 54 valence electrons. The summed E-state index contributed by atoms with van der Waals surface area (Å²) in [5, 5.41) is 0. The molecule has 1 fully saturated rings. The molecule has 0 spiro atoms. The number of ether oxygens (including phenoxy) is 1. The number of rotatable bonds is 0. The smallest absolute Gasteiger partial charge is 0.196 e. The van der Waals surface area contributed by atoms with Gasteiger partial charge in [0.25, 0.3) is 0 Å². The molecule has 0 aromatic heterocycles. The van der Waals surface area contributed by atoms with Crippen LogP contribution in [0.3, 0.4) is 0 Å². The minimum atomic E-state index is -0.563. The molecule has 1 rings (SSSR count). The predicted molar refractivity (Wildman–Crippen MR) is 31.7 cm³/mol. The Hall–Kier alpha value is -0.120. The van der Waals surface area contributed by atoms with Crippen LogP contribution in [0, 0.1) is 0 Å². The fraction of sp³-hybridized carbons (Fsp3) is 1.00. The highest BCUT2D eigenvalue weighted by Crippen LogP contribution is 2.18. The minimum absolute atomic E-state index is 0.0537. The average Bonchev–Trinajstić information content (AvgIpc) is 1.78. The van der Waals surface area contributed by atoms with Crippen LogP contribution in [0.4, 0.5) is 0 Å². The predicted octanol–water partition coefficient (Wildman–Crippen LogP) is 1.09. The third-order valence-electron chi connectivity index (χ3n) is 1.08. The molecule has 0 aliphatic carbocycles. The molecule has 1 aliphatic heterocycles. The third-order valence-corrected chi connectivity index (χ3v) is 1.08. The maximum atomic E-state index is 5.23. The molecule has 0 bridgehead atoms. The minimum Gasteiger partial charge on any atom is -0.345 e. The van der Waals surface area contributed by atoms with Gasteiger partial charge in [-0.15, -0.1) is 0 Å². The van der Waals surface area contributed by atoms with Crippen LogP contribution in [-0.2, 0) is 14.5 Å². The second-order valence-corrected chi connectivity index (χ2v) is 2.70. The van der Waals surface area contributed by atoms with E-state index < -0.39 is 5.79 Å². The van der Waals surface area contributed by atoms with Crippen molar-refractivity contribution in [3.05, 3.63) is 0 Å². The van der Waals surface area contributed by atoms with Crippen molar-refractivity contribution in [3.8, 4) is 0 Å². The monoisotopic (exact) mass is 132 g/mol. The van der Waals surface area contributed by atoms with Crippen molar-refractivity contribution in [2.45, 2.75) is 32.7 Å². The SMILES string of the molecule is CC1COC(C)(C)OO1. The molecule has 1 saturated heterocycles. The zero-order valence-corrected chi connectivity index (χ0v) is 6.01. The molecular weight excluding hydrogens is 120 g/mol. The molecular formula is C6H12O3. The summed E-state index contributed by atoms with van der Waals surface area (Å²) in [4.78, 5) is 9.72. The van der Waals surface area contributed by atoms with E-state index in [9.17, 15) is 0 Å². The zero-order chi connectivity index (χ0) is 6.91. The van der Waals surface area contributed by atoms with Crippen LogP contribution in [-0.4, -0.2) is 18.5 Å². The van der Waals surface area contributed by atoms with E-state index in [1.807, 2.05) is 20.8 Å². The van der Waals surface area contributed by atoms with E-state index in [0.29, 0.717) is 6.61 Å². The Morgan fingerprint density at radius 1 is 1.44 bits per heavy atom. The first-order chi connectivity index (χ1) is 4.10. The van der Waals surface area contributed by atoms with Gasteiger partial charge in [0.1, 0.15) is 6.10 Å². The summed E-state index contributed by atoms with van der Waals surface area (Å²) in [5.74, 6) is -0.563. The molecule has 1 unspecified atom stereocenters. The van der Waals surface area contributed by atoms with Crippen LogP contribution in [0.5, 0.6) is 0 Å². The summed E-state index contributed by atoms with van der Waals surface area (Å²) in [6, 6.07) is 0. The molecule has 0 N–H and O–H groups in total. The van der Waals surface area contributed by atoms with Crippen molar-refractivity contribution in [3.63, 3.8) is 0 Å². The molecule has 0 saturated carbocycles. The lowest BCUT2D eigenvalue weighted by atomic mass is 10.3. The largest absolute Gasteiger partial charge is 0.345 e. The van der Waals surface area contributed by atoms with E-state index in [1.165, 1.54) is 0 Å². The normalized spacial score (nSPS) is 34.3. The Morgan fingerprint density at radius 2 is 2.11 bits per heavy atom. The molecule has 3 nitrogen and oxygen atoms in total. The first-order valence-electron chi connectivity index (χ1n) is 3.08. The second kappa shape index (κ2) is 2.25. The molecule has 9 heavy (non-hydrogen) atoms. The van der Waals surface area contributed by atoms with Gasteiger partial charge in [-0.1, -0.05) is 0 Å². The highest BCUT2D eigenvalue weighted by atomic mass is 17.2. The Morgan fingerprint density at radius 3 is 2.44 bits per heavy atom. The van der Waals surface area contributed by atoms with Crippen LogP contribution < -0.4 is 0 Å². The van der Waals surface area contributed by atoms with Gasteiger partial charge in [-0.25, -0.2) is 9.78 Å². The molecule has 1 aliphatic rings. The van der Waals surface area contributed by atoms with Crippen molar-refractivity contribution in [1.29, 1.82) is 0 Å². The van der Waals surface area contributed by atoms with Crippen molar-refractivity contribution in [2.24, 2.45) is 0 Å². The highest BCUT2D eigenvalue weighted by Gasteiger charge is 2.27. The van der Waals surface area contributed by atoms with Crippen molar-refractivity contribution < 1.29 is 14.5 Å². The first kappa shape index (κ1) is 6.99. The van der Waals surface area contributed by atoms with E-state index in [4.69, 9.17) is 14.5 Å². The Bertz CT molecular complexity index is 90.5. The van der Waals surface area contributed by atoms with Crippen molar-refractivity contribution in [1.82, 2.24) is 0 Å². The van der Waals surface area contributed by atoms with Gasteiger partial charge in [-0.3, -0.25) is 0 Å². The van der Waals surface area contributed by atoms with Crippen LogP contribution in [0.1, 0.15) is 20.8 Å². The zero-order valence-electron chi connectivity index (χ0n) is 6.01. The molecule has 0 amide bonds. The quantitative estimate of drug-likeness (QED) is 0.462. The van der Waals surface area contributed by atoms with Gasteiger partial charge in [0, 0.05) is 0 Å². The van der Waals surface area contributed by atoms with Crippen LogP contribution in [0.25, 0.3) is 0 Å². The van der Waals surface area contributed by atoms with E-state index in [-0.39, 0.29) is 6.10 Å². The lowest BCUT2D eigenvalue weighted by molar-refractivity contribution is -0.473. The molecule has 0 aromatic rings. The fourth-order valence-corrected chi connectivity index (χ4v) is 0.568. The van der Waals surface area contributed by atoms with Gasteiger partial charge in [-0.05, 0) is 20.8 Å². The maximum absolute atomic E-state index is 5.23. The molecule has 3 heteroatoms. The summed E-state index contributed by atoms with van der Waals surface area (Å²) < 4.78 is 5.23. The Labute approximate surface area is 54.8 Å². The molecule has 1 heterocycles. The molecule has 1 atom stereocenters. The van der Waals surface area contributed by atoms with Gasteiger partial charge in [0.15, 0.2) is 5.79 Å². The van der Waals surface area contributed by atoms with Gasteiger partial charge in [-0.2, -0.15) is 0 Å².